The number of pyridine rings is 1. The molecule has 11 heteroatoms. The van der Waals surface area contributed by atoms with Gasteiger partial charge in [0.2, 0.25) is 12.3 Å². The molecule has 42 heavy (non-hydrogen) atoms. The van der Waals surface area contributed by atoms with Crippen molar-refractivity contribution in [2.75, 3.05) is 31.6 Å². The highest BCUT2D eigenvalue weighted by Crippen LogP contribution is 2.40. The minimum atomic E-state index is -0.999. The number of aromatic nitrogens is 1. The molecule has 0 bridgehead atoms. The third-order valence-electron chi connectivity index (χ3n) is 7.35. The van der Waals surface area contributed by atoms with Crippen molar-refractivity contribution in [1.29, 1.82) is 0 Å². The van der Waals surface area contributed by atoms with Crippen LogP contribution in [0.1, 0.15) is 45.0 Å². The third kappa shape index (κ3) is 5.90. The van der Waals surface area contributed by atoms with Crippen LogP contribution in [0, 0.1) is 5.82 Å². The van der Waals surface area contributed by atoms with E-state index >= 15 is 4.39 Å². The van der Waals surface area contributed by atoms with Gasteiger partial charge in [0.25, 0.3) is 0 Å². The van der Waals surface area contributed by atoms with Crippen molar-refractivity contribution in [1.82, 2.24) is 20.1 Å². The fourth-order valence-corrected chi connectivity index (χ4v) is 5.64. The zero-order chi connectivity index (χ0) is 30.8. The highest BCUT2D eigenvalue weighted by atomic mass is 35.5. The summed E-state index contributed by atoms with van der Waals surface area (Å²) in [4.78, 5) is 39.6. The van der Waals surface area contributed by atoms with Gasteiger partial charge in [0, 0.05) is 49.4 Å². The number of amides is 2. The van der Waals surface area contributed by atoms with Crippen LogP contribution < -0.4 is 10.2 Å². The van der Waals surface area contributed by atoms with Gasteiger partial charge >= 0.3 is 0 Å². The Labute approximate surface area is 250 Å². The first-order valence-corrected chi connectivity index (χ1v) is 14.0. The molecule has 2 atom stereocenters. The van der Waals surface area contributed by atoms with E-state index in [0.29, 0.717) is 48.8 Å². The lowest BCUT2D eigenvalue weighted by atomic mass is 9.90. The van der Waals surface area contributed by atoms with E-state index in [1.54, 1.807) is 36.4 Å². The number of amidine groups is 1. The number of rotatable bonds is 6. The maximum absolute atomic E-state index is 15.1. The number of hydrogen-bond donors (Lipinski definition) is 2. The molecule has 0 aliphatic carbocycles. The minimum Gasteiger partial charge on any atom is -0.507 e. The van der Waals surface area contributed by atoms with E-state index in [1.165, 1.54) is 29.2 Å². The van der Waals surface area contributed by atoms with Crippen LogP contribution in [0.15, 0.2) is 76.7 Å². The molecule has 2 amide bonds. The lowest BCUT2D eigenvalue weighted by Gasteiger charge is -2.43. The molecule has 2 aromatic rings. The number of benzene rings is 1. The standard InChI is InChI=1S/C31H36ClFN6O3/c1-7-25(42)37-14-15-38(19(2)17-37)29(34-6)20-16-21(32)27(26-22(33)10-8-12-24(26)41)36-30(20)39(18-40)23-11-9-13-35-28(23)31(3,4)5/h7-13,16,18-19,27,36,41H,1,14-15,17H2,2-6H3/b34-29+. The van der Waals surface area contributed by atoms with Crippen LogP contribution >= 0.6 is 11.6 Å². The van der Waals surface area contributed by atoms with E-state index in [-0.39, 0.29) is 34.1 Å². The summed E-state index contributed by atoms with van der Waals surface area (Å²) in [7, 11) is 1.64. The Morgan fingerprint density at radius 3 is 2.62 bits per heavy atom. The number of piperazine rings is 1. The van der Waals surface area contributed by atoms with E-state index in [1.807, 2.05) is 32.6 Å². The Kier molecular flexibility index (Phi) is 9.06. The zero-order valence-corrected chi connectivity index (χ0v) is 25.2. The van der Waals surface area contributed by atoms with Crippen molar-refractivity contribution in [3.63, 3.8) is 0 Å². The molecule has 0 radical (unpaired) electrons. The summed E-state index contributed by atoms with van der Waals surface area (Å²) >= 11 is 6.81. The van der Waals surface area contributed by atoms with Crippen LogP contribution in [0.3, 0.4) is 0 Å². The smallest absolute Gasteiger partial charge is 0.246 e. The number of nitrogens with zero attached hydrogens (tertiary/aromatic N) is 5. The van der Waals surface area contributed by atoms with Crippen LogP contribution in [-0.4, -0.2) is 70.8 Å². The predicted molar refractivity (Wildman–Crippen MR) is 163 cm³/mol. The molecule has 0 saturated carbocycles. The summed E-state index contributed by atoms with van der Waals surface area (Å²) in [5.41, 5.74) is 1.20. The molecule has 2 aliphatic heterocycles. The fourth-order valence-electron chi connectivity index (χ4n) is 5.37. The Morgan fingerprint density at radius 1 is 1.29 bits per heavy atom. The van der Waals surface area contributed by atoms with E-state index < -0.39 is 17.3 Å². The Morgan fingerprint density at radius 2 is 2.02 bits per heavy atom. The Hall–Kier alpha value is -4.18. The van der Waals surface area contributed by atoms with Crippen molar-refractivity contribution >= 4 is 35.4 Å². The second-order valence-electron chi connectivity index (χ2n) is 11.2. The largest absolute Gasteiger partial charge is 0.507 e. The normalized spacial score (nSPS) is 19.7. The fraction of sp³-hybridized carbons (Fsp3) is 0.355. The van der Waals surface area contributed by atoms with Gasteiger partial charge in [-0.25, -0.2) is 4.39 Å². The van der Waals surface area contributed by atoms with E-state index in [4.69, 9.17) is 11.6 Å². The van der Waals surface area contributed by atoms with E-state index in [0.717, 1.165) is 0 Å². The molecule has 222 valence electrons. The number of phenolic OH excluding ortho intramolecular Hbond substituents is 1. The van der Waals surface area contributed by atoms with Crippen LogP contribution in [0.25, 0.3) is 0 Å². The molecule has 1 saturated heterocycles. The molecule has 1 aromatic heterocycles. The molecule has 0 spiro atoms. The molecule has 9 nitrogen and oxygen atoms in total. The number of nitrogens with one attached hydrogen (secondary N) is 1. The van der Waals surface area contributed by atoms with Gasteiger partial charge in [-0.3, -0.25) is 24.5 Å². The van der Waals surface area contributed by atoms with E-state index in [9.17, 15) is 14.7 Å². The van der Waals surface area contributed by atoms with Gasteiger partial charge < -0.3 is 20.2 Å². The summed E-state index contributed by atoms with van der Waals surface area (Å²) in [5.74, 6) is -0.268. The molecule has 2 unspecified atom stereocenters. The summed E-state index contributed by atoms with van der Waals surface area (Å²) in [6.07, 6.45) is 5.27. The third-order valence-corrected chi connectivity index (χ3v) is 7.68. The highest BCUT2D eigenvalue weighted by molar-refractivity contribution is 6.31. The molecule has 2 N–H and O–H groups in total. The highest BCUT2D eigenvalue weighted by Gasteiger charge is 2.36. The maximum atomic E-state index is 15.1. The van der Waals surface area contributed by atoms with E-state index in [2.05, 4.69) is 21.9 Å². The van der Waals surface area contributed by atoms with Crippen LogP contribution in [-0.2, 0) is 15.0 Å². The lowest BCUT2D eigenvalue weighted by Crippen LogP contribution is -2.56. The topological polar surface area (TPSA) is 101 Å². The first-order chi connectivity index (χ1) is 19.9. The maximum Gasteiger partial charge on any atom is 0.246 e. The molecule has 3 heterocycles. The van der Waals surface area contributed by atoms with Gasteiger partial charge in [-0.2, -0.15) is 0 Å². The zero-order valence-electron chi connectivity index (χ0n) is 24.4. The number of aromatic hydroxyl groups is 1. The number of anilines is 1. The van der Waals surface area contributed by atoms with Crippen LogP contribution in [0.5, 0.6) is 5.75 Å². The summed E-state index contributed by atoms with van der Waals surface area (Å²) in [6, 6.07) is 6.41. The first-order valence-electron chi connectivity index (χ1n) is 13.6. The molecule has 1 fully saturated rings. The monoisotopic (exact) mass is 594 g/mol. The summed E-state index contributed by atoms with van der Waals surface area (Å²) in [6.45, 7) is 12.9. The molecular formula is C31H36ClFN6O3. The molecule has 1 aromatic carbocycles. The van der Waals surface area contributed by atoms with Gasteiger partial charge in [0.1, 0.15) is 23.2 Å². The number of hydrogen-bond acceptors (Lipinski definition) is 6. The average Bonchev–Trinajstić information content (AvgIpc) is 2.95. The second kappa shape index (κ2) is 12.4. The number of aliphatic imine (C=N–C) groups is 1. The number of halogens is 2. The van der Waals surface area contributed by atoms with Crippen molar-refractivity contribution < 1.29 is 19.1 Å². The SMILES string of the molecule is C=CC(=O)N1CCN(/C(=N/C)C2=C(N(C=O)c3cccnc3C(C)(C)C)NC(c3c(O)cccc3F)C(Cl)=C2)C(C)C1. The van der Waals surface area contributed by atoms with Gasteiger partial charge in [0.15, 0.2) is 0 Å². The van der Waals surface area contributed by atoms with Crippen molar-refractivity contribution in [3.8, 4) is 5.75 Å². The van der Waals surface area contributed by atoms with Crippen LogP contribution in [0.4, 0.5) is 10.1 Å². The minimum absolute atomic E-state index is 0.0525. The van der Waals surface area contributed by atoms with Gasteiger partial charge in [-0.1, -0.05) is 45.0 Å². The van der Waals surface area contributed by atoms with Crippen molar-refractivity contribution in [3.05, 3.63) is 88.8 Å². The van der Waals surface area contributed by atoms with Gasteiger partial charge in [-0.05, 0) is 43.3 Å². The summed E-state index contributed by atoms with van der Waals surface area (Å²) in [5, 5.41) is 14.1. The number of phenols is 1. The number of carbonyl (C=O) groups excluding carboxylic acids is 2. The first kappa shape index (κ1) is 30.8. The number of dihydropyridines is 1. The Bertz CT molecular complexity index is 1460. The van der Waals surface area contributed by atoms with Gasteiger partial charge in [0.05, 0.1) is 28.6 Å². The van der Waals surface area contributed by atoms with Crippen molar-refractivity contribution in [2.45, 2.75) is 45.2 Å². The second-order valence-corrected chi connectivity index (χ2v) is 11.7. The Balaban J connectivity index is 1.90. The van der Waals surface area contributed by atoms with Crippen molar-refractivity contribution in [2.24, 2.45) is 4.99 Å². The van der Waals surface area contributed by atoms with Gasteiger partial charge in [-0.15, -0.1) is 0 Å². The quantitative estimate of drug-likeness (QED) is 0.219. The van der Waals surface area contributed by atoms with Crippen LogP contribution in [0.2, 0.25) is 0 Å². The predicted octanol–water partition coefficient (Wildman–Crippen LogP) is 4.61. The lowest BCUT2D eigenvalue weighted by molar-refractivity contribution is -0.128. The average molecular weight is 595 g/mol. The number of carbonyl (C=O) groups is 2. The molecule has 2 aliphatic rings. The molecular weight excluding hydrogens is 559 g/mol. The summed E-state index contributed by atoms with van der Waals surface area (Å²) < 4.78 is 15.1. The molecule has 4 rings (SSSR count).